The van der Waals surface area contributed by atoms with Crippen LogP contribution in [0, 0.1) is 6.92 Å². The summed E-state index contributed by atoms with van der Waals surface area (Å²) in [6.45, 7) is 7.92. The average molecular weight is 307 g/mol. The Labute approximate surface area is 131 Å². The number of aryl methyl sites for hydroxylation is 2. The number of piperazine rings is 1. The van der Waals surface area contributed by atoms with E-state index in [0.29, 0.717) is 30.6 Å². The minimum Gasteiger partial charge on any atom is -0.341 e. The first kappa shape index (κ1) is 15.4. The predicted octanol–water partition coefficient (Wildman–Crippen LogP) is 0.207. The molecule has 0 spiro atoms. The lowest BCUT2D eigenvalue weighted by atomic mass is 10.2. The van der Waals surface area contributed by atoms with Crippen molar-refractivity contribution in [2.75, 3.05) is 39.3 Å². The molecule has 0 radical (unpaired) electrons. The van der Waals surface area contributed by atoms with Crippen molar-refractivity contribution in [2.24, 2.45) is 0 Å². The lowest BCUT2D eigenvalue weighted by Gasteiger charge is -2.32. The monoisotopic (exact) mass is 307 g/mol. The molecule has 0 saturated carbocycles. The topological polar surface area (TPSA) is 74.5 Å². The van der Waals surface area contributed by atoms with Crippen LogP contribution in [-0.2, 0) is 11.2 Å². The van der Waals surface area contributed by atoms with E-state index in [2.05, 4.69) is 20.4 Å². The molecule has 1 aromatic heterocycles. The molecule has 22 heavy (non-hydrogen) atoms. The highest BCUT2D eigenvalue weighted by molar-refractivity contribution is 5.76. The number of nitrogens with zero attached hydrogens (tertiary/aromatic N) is 4. The molecule has 7 nitrogen and oxygen atoms in total. The van der Waals surface area contributed by atoms with Crippen molar-refractivity contribution in [3.05, 3.63) is 11.7 Å². The fourth-order valence-corrected chi connectivity index (χ4v) is 3.30. The van der Waals surface area contributed by atoms with Crippen molar-refractivity contribution in [3.8, 4) is 0 Å². The van der Waals surface area contributed by atoms with E-state index < -0.39 is 0 Å². The summed E-state index contributed by atoms with van der Waals surface area (Å²) in [7, 11) is 0. The molecule has 2 aliphatic heterocycles. The Morgan fingerprint density at radius 2 is 2.18 bits per heavy atom. The molecule has 2 saturated heterocycles. The quantitative estimate of drug-likeness (QED) is 0.838. The van der Waals surface area contributed by atoms with Crippen molar-refractivity contribution in [1.29, 1.82) is 0 Å². The summed E-state index contributed by atoms with van der Waals surface area (Å²) in [6.07, 6.45) is 3.13. The van der Waals surface area contributed by atoms with Gasteiger partial charge >= 0.3 is 0 Å². The lowest BCUT2D eigenvalue weighted by molar-refractivity contribution is -0.130. The van der Waals surface area contributed by atoms with E-state index in [1.54, 1.807) is 6.92 Å². The van der Waals surface area contributed by atoms with Gasteiger partial charge in [-0.3, -0.25) is 9.69 Å². The molecule has 0 aliphatic carbocycles. The van der Waals surface area contributed by atoms with E-state index in [9.17, 15) is 4.79 Å². The molecule has 7 heteroatoms. The van der Waals surface area contributed by atoms with Crippen LogP contribution < -0.4 is 5.32 Å². The van der Waals surface area contributed by atoms with E-state index in [0.717, 1.165) is 52.1 Å². The van der Waals surface area contributed by atoms with Crippen molar-refractivity contribution < 1.29 is 9.32 Å². The van der Waals surface area contributed by atoms with Crippen molar-refractivity contribution >= 4 is 5.91 Å². The Kier molecular flexibility index (Phi) is 5.04. The maximum absolute atomic E-state index is 12.3. The summed E-state index contributed by atoms with van der Waals surface area (Å²) in [5.41, 5.74) is 0. The standard InChI is InChI=1S/C15H25N5O2/c1-12-17-14(22-18-12)3-2-4-15(21)20-8-5-13(11-20)19-9-6-16-7-10-19/h13,16H,2-11H2,1H3. The zero-order chi connectivity index (χ0) is 15.4. The molecule has 3 rings (SSSR count). The summed E-state index contributed by atoms with van der Waals surface area (Å²) in [5, 5.41) is 7.14. The van der Waals surface area contributed by atoms with Gasteiger partial charge in [-0.25, -0.2) is 0 Å². The van der Waals surface area contributed by atoms with Crippen LogP contribution in [0.1, 0.15) is 31.0 Å². The molecule has 3 heterocycles. The van der Waals surface area contributed by atoms with E-state index in [4.69, 9.17) is 4.52 Å². The van der Waals surface area contributed by atoms with Gasteiger partial charge in [-0.2, -0.15) is 4.98 Å². The van der Waals surface area contributed by atoms with E-state index in [-0.39, 0.29) is 5.91 Å². The van der Waals surface area contributed by atoms with Gasteiger partial charge < -0.3 is 14.7 Å². The highest BCUT2D eigenvalue weighted by atomic mass is 16.5. The number of nitrogens with one attached hydrogen (secondary N) is 1. The van der Waals surface area contributed by atoms with E-state index in [1.807, 2.05) is 4.90 Å². The van der Waals surface area contributed by atoms with E-state index in [1.165, 1.54) is 0 Å². The number of hydrogen-bond acceptors (Lipinski definition) is 6. The largest absolute Gasteiger partial charge is 0.341 e. The van der Waals surface area contributed by atoms with Gasteiger partial charge in [-0.15, -0.1) is 0 Å². The second-order valence-corrected chi connectivity index (χ2v) is 6.16. The maximum Gasteiger partial charge on any atom is 0.226 e. The first-order chi connectivity index (χ1) is 10.7. The minimum atomic E-state index is 0.258. The van der Waals surface area contributed by atoms with Crippen LogP contribution in [0.3, 0.4) is 0 Å². The first-order valence-electron chi connectivity index (χ1n) is 8.24. The number of carbonyl (C=O) groups is 1. The Balaban J connectivity index is 1.39. The number of amides is 1. The number of likely N-dealkylation sites (tertiary alicyclic amines) is 1. The fourth-order valence-electron chi connectivity index (χ4n) is 3.30. The van der Waals surface area contributed by atoms with Crippen LogP contribution in [0.25, 0.3) is 0 Å². The van der Waals surface area contributed by atoms with Crippen molar-refractivity contribution in [1.82, 2.24) is 25.3 Å². The smallest absolute Gasteiger partial charge is 0.226 e. The molecular formula is C15H25N5O2. The number of aromatic nitrogens is 2. The van der Waals surface area contributed by atoms with Crippen LogP contribution in [-0.4, -0.2) is 71.2 Å². The SMILES string of the molecule is Cc1noc(CCCC(=O)N2CCC(N3CCNCC3)C2)n1. The molecule has 1 atom stereocenters. The van der Waals surface area contributed by atoms with Crippen LogP contribution in [0.2, 0.25) is 0 Å². The second-order valence-electron chi connectivity index (χ2n) is 6.16. The Hall–Kier alpha value is -1.47. The zero-order valence-corrected chi connectivity index (χ0v) is 13.3. The van der Waals surface area contributed by atoms with Gasteiger partial charge in [-0.1, -0.05) is 5.16 Å². The van der Waals surface area contributed by atoms with Crippen LogP contribution in [0.15, 0.2) is 4.52 Å². The molecular weight excluding hydrogens is 282 g/mol. The number of rotatable bonds is 5. The summed E-state index contributed by atoms with van der Waals surface area (Å²) < 4.78 is 5.07. The lowest BCUT2D eigenvalue weighted by Crippen LogP contribution is -2.49. The first-order valence-corrected chi connectivity index (χ1v) is 8.24. The molecule has 1 N–H and O–H groups in total. The maximum atomic E-state index is 12.3. The van der Waals surface area contributed by atoms with E-state index >= 15 is 0 Å². The van der Waals surface area contributed by atoms with Gasteiger partial charge in [0.25, 0.3) is 0 Å². The highest BCUT2D eigenvalue weighted by Crippen LogP contribution is 2.17. The van der Waals surface area contributed by atoms with Crippen LogP contribution in [0.4, 0.5) is 0 Å². The van der Waals surface area contributed by atoms with Crippen molar-refractivity contribution in [2.45, 2.75) is 38.6 Å². The second kappa shape index (κ2) is 7.19. The van der Waals surface area contributed by atoms with Gasteiger partial charge in [0.1, 0.15) is 0 Å². The molecule has 1 aromatic rings. The Morgan fingerprint density at radius 1 is 1.36 bits per heavy atom. The summed E-state index contributed by atoms with van der Waals surface area (Å²) in [6, 6.07) is 0.546. The van der Waals surface area contributed by atoms with Gasteiger partial charge in [0.2, 0.25) is 11.8 Å². The Morgan fingerprint density at radius 3 is 2.91 bits per heavy atom. The molecule has 122 valence electrons. The van der Waals surface area contributed by atoms with Gasteiger partial charge in [0.05, 0.1) is 0 Å². The highest BCUT2D eigenvalue weighted by Gasteiger charge is 2.30. The number of hydrogen-bond donors (Lipinski definition) is 1. The summed E-state index contributed by atoms with van der Waals surface area (Å²) in [5.74, 6) is 1.54. The van der Waals surface area contributed by atoms with Crippen molar-refractivity contribution in [3.63, 3.8) is 0 Å². The third kappa shape index (κ3) is 3.84. The molecule has 2 fully saturated rings. The zero-order valence-electron chi connectivity index (χ0n) is 13.3. The average Bonchev–Trinajstić information content (AvgIpc) is 3.17. The van der Waals surface area contributed by atoms with Crippen LogP contribution >= 0.6 is 0 Å². The predicted molar refractivity (Wildman–Crippen MR) is 81.4 cm³/mol. The summed E-state index contributed by atoms with van der Waals surface area (Å²) >= 11 is 0. The summed E-state index contributed by atoms with van der Waals surface area (Å²) in [4.78, 5) is 21.0. The molecule has 1 unspecified atom stereocenters. The van der Waals surface area contributed by atoms with Gasteiger partial charge in [0.15, 0.2) is 5.82 Å². The molecule has 0 bridgehead atoms. The Bertz CT molecular complexity index is 498. The molecule has 0 aromatic carbocycles. The minimum absolute atomic E-state index is 0.258. The normalized spacial score (nSPS) is 23.1. The van der Waals surface area contributed by atoms with Gasteiger partial charge in [-0.05, 0) is 19.8 Å². The molecule has 1 amide bonds. The number of carbonyl (C=O) groups excluding carboxylic acids is 1. The van der Waals surface area contributed by atoms with Gasteiger partial charge in [0, 0.05) is 58.2 Å². The third-order valence-electron chi connectivity index (χ3n) is 4.53. The van der Waals surface area contributed by atoms with Crippen LogP contribution in [0.5, 0.6) is 0 Å². The fraction of sp³-hybridized carbons (Fsp3) is 0.800. The molecule has 2 aliphatic rings. The third-order valence-corrected chi connectivity index (χ3v) is 4.53.